The van der Waals surface area contributed by atoms with Crippen molar-refractivity contribution in [2.24, 2.45) is 10.2 Å². The van der Waals surface area contributed by atoms with E-state index in [1.807, 2.05) is 49.2 Å². The number of thiazole rings is 2. The zero-order valence-corrected chi connectivity index (χ0v) is 32.3. The average Bonchev–Trinajstić information content (AvgIpc) is 3.74. The van der Waals surface area contributed by atoms with Crippen LogP contribution in [-0.2, 0) is 18.6 Å². The highest BCUT2D eigenvalue weighted by Crippen LogP contribution is 2.52. The fourth-order valence-corrected chi connectivity index (χ4v) is 7.67. The molecule has 7 rings (SSSR count). The number of carbonyl (C=O) groups is 1. The van der Waals surface area contributed by atoms with Crippen molar-refractivity contribution in [3.63, 3.8) is 0 Å². The van der Waals surface area contributed by atoms with Crippen molar-refractivity contribution in [1.82, 2.24) is 25.1 Å². The average molecular weight is 816 g/mol. The van der Waals surface area contributed by atoms with Crippen LogP contribution in [0.25, 0.3) is 10.2 Å². The maximum atomic E-state index is 14.9. The number of aromatic carboxylic acids is 1. The summed E-state index contributed by atoms with van der Waals surface area (Å²) in [6, 6.07) is 20.0. The Morgan fingerprint density at radius 3 is 2.46 bits per heavy atom. The first-order valence-electron chi connectivity index (χ1n) is 17.4. The lowest BCUT2D eigenvalue weighted by molar-refractivity contribution is -0.166. The van der Waals surface area contributed by atoms with E-state index < -0.39 is 23.6 Å². The Kier molecular flexibility index (Phi) is 11.2. The van der Waals surface area contributed by atoms with Crippen molar-refractivity contribution in [3.8, 4) is 17.6 Å². The van der Waals surface area contributed by atoms with Gasteiger partial charge < -0.3 is 20.1 Å². The van der Waals surface area contributed by atoms with Gasteiger partial charge in [0, 0.05) is 29.6 Å². The summed E-state index contributed by atoms with van der Waals surface area (Å²) in [6.45, 7) is 2.78. The van der Waals surface area contributed by atoms with Crippen LogP contribution in [0.4, 0.5) is 39.5 Å². The smallest absolute Gasteiger partial charge is 0.442 e. The van der Waals surface area contributed by atoms with Crippen LogP contribution >= 0.6 is 22.7 Å². The van der Waals surface area contributed by atoms with Gasteiger partial charge >= 0.3 is 17.8 Å². The van der Waals surface area contributed by atoms with Crippen molar-refractivity contribution in [2.75, 3.05) is 37.5 Å². The Hall–Kier alpha value is -6.03. The third-order valence-electron chi connectivity index (χ3n) is 8.83. The number of carboxylic acids is 1. The number of nitrogens with one attached hydrogen (secondary N) is 1. The predicted octanol–water partition coefficient (Wildman–Crippen LogP) is 8.88. The topological polar surface area (TPSA) is 141 Å². The maximum Gasteiger partial charge on any atom is 0.442 e. The molecule has 0 fully saturated rings. The number of halogens is 4. The fraction of sp³-hybridized carbons (Fsp3) is 0.256. The number of benzene rings is 3. The van der Waals surface area contributed by atoms with Gasteiger partial charge in [-0.3, -0.25) is 4.90 Å². The Balaban J connectivity index is 0.892. The summed E-state index contributed by atoms with van der Waals surface area (Å²) < 4.78 is 61.4. The van der Waals surface area contributed by atoms with E-state index in [2.05, 4.69) is 47.6 Å². The summed E-state index contributed by atoms with van der Waals surface area (Å²) in [7, 11) is 3.55. The lowest BCUT2D eigenvalue weighted by Crippen LogP contribution is -2.30. The Labute approximate surface area is 331 Å². The molecule has 3 aromatic carbocycles. The van der Waals surface area contributed by atoms with Gasteiger partial charge in [-0.05, 0) is 74.3 Å². The van der Waals surface area contributed by atoms with Crippen LogP contribution in [0.3, 0.4) is 0 Å². The number of para-hydroxylation sites is 1. The Bertz CT molecular complexity index is 2490. The quantitative estimate of drug-likeness (QED) is 0.0622. The molecule has 292 valence electrons. The SMILES string of the molecule is Cc1cc(N(C)c2nc(C(=O)O)c(CCCOc3ccc(C#CCN(C)Cc4ccc(C5(C(F)(F)F)N=N5)cc4)cc3F)s2)nnc1Nc1nc2ccccc2s1. The van der Waals surface area contributed by atoms with Crippen LogP contribution in [0.1, 0.15) is 44.0 Å². The Morgan fingerprint density at radius 2 is 1.77 bits per heavy atom. The van der Waals surface area contributed by atoms with Gasteiger partial charge in [0.25, 0.3) is 0 Å². The lowest BCUT2D eigenvalue weighted by Gasteiger charge is -2.16. The van der Waals surface area contributed by atoms with Crippen LogP contribution < -0.4 is 15.0 Å². The molecule has 2 N–H and O–H groups in total. The number of alkyl halides is 3. The molecule has 0 bridgehead atoms. The third-order valence-corrected chi connectivity index (χ3v) is 11.0. The molecule has 3 aromatic heterocycles. The van der Waals surface area contributed by atoms with Gasteiger partial charge in [0.05, 0.1) is 23.4 Å². The van der Waals surface area contributed by atoms with E-state index in [-0.39, 0.29) is 23.6 Å². The molecule has 4 heterocycles. The van der Waals surface area contributed by atoms with Gasteiger partial charge in [-0.2, -0.15) is 13.2 Å². The first kappa shape index (κ1) is 39.2. The molecular formula is C39H33F4N9O3S2. The van der Waals surface area contributed by atoms with Crippen molar-refractivity contribution in [3.05, 3.63) is 111 Å². The molecular weight excluding hydrogens is 783 g/mol. The summed E-state index contributed by atoms with van der Waals surface area (Å²) in [5.41, 5.74) is 0.387. The molecule has 0 saturated heterocycles. The van der Waals surface area contributed by atoms with Gasteiger partial charge in [0.2, 0.25) is 0 Å². The molecule has 6 aromatic rings. The van der Waals surface area contributed by atoms with E-state index >= 15 is 0 Å². The minimum Gasteiger partial charge on any atom is -0.491 e. The van der Waals surface area contributed by atoms with Crippen LogP contribution in [0.2, 0.25) is 0 Å². The van der Waals surface area contributed by atoms with Crippen molar-refractivity contribution in [2.45, 2.75) is 38.1 Å². The number of ether oxygens (including phenoxy) is 1. The fourth-order valence-electron chi connectivity index (χ4n) is 5.74. The second kappa shape index (κ2) is 16.2. The number of nitrogens with zero attached hydrogens (tertiary/aromatic N) is 8. The molecule has 57 heavy (non-hydrogen) atoms. The van der Waals surface area contributed by atoms with Crippen molar-refractivity contribution in [1.29, 1.82) is 0 Å². The van der Waals surface area contributed by atoms with Gasteiger partial charge in [-0.25, -0.2) is 19.2 Å². The van der Waals surface area contributed by atoms with E-state index in [0.717, 1.165) is 21.3 Å². The molecule has 0 unspecified atom stereocenters. The molecule has 0 spiro atoms. The molecule has 12 nitrogen and oxygen atoms in total. The van der Waals surface area contributed by atoms with E-state index in [1.54, 1.807) is 30.1 Å². The minimum atomic E-state index is -4.57. The molecule has 0 radical (unpaired) electrons. The minimum absolute atomic E-state index is 0.0271. The van der Waals surface area contributed by atoms with E-state index in [4.69, 9.17) is 4.74 Å². The van der Waals surface area contributed by atoms with Crippen LogP contribution in [0.5, 0.6) is 5.75 Å². The first-order chi connectivity index (χ1) is 27.3. The number of aromatic nitrogens is 4. The molecule has 1 aliphatic rings. The zero-order valence-electron chi connectivity index (χ0n) is 30.6. The van der Waals surface area contributed by atoms with E-state index in [0.29, 0.717) is 58.3 Å². The molecule has 0 amide bonds. The molecule has 0 aliphatic carbocycles. The summed E-state index contributed by atoms with van der Waals surface area (Å²) in [5, 5.41) is 29.3. The highest BCUT2D eigenvalue weighted by atomic mass is 32.1. The lowest BCUT2D eigenvalue weighted by atomic mass is 10.0. The zero-order chi connectivity index (χ0) is 40.3. The van der Waals surface area contributed by atoms with Gasteiger partial charge in [0.1, 0.15) is 0 Å². The van der Waals surface area contributed by atoms with Gasteiger partial charge in [-0.1, -0.05) is 59.6 Å². The van der Waals surface area contributed by atoms with Crippen molar-refractivity contribution < 1.29 is 32.2 Å². The van der Waals surface area contributed by atoms with Crippen LogP contribution in [-0.4, -0.2) is 69.6 Å². The summed E-state index contributed by atoms with van der Waals surface area (Å²) in [6.07, 6.45) is -3.83. The second-order valence-corrected chi connectivity index (χ2v) is 15.2. The number of fused-ring (bicyclic) bond motifs is 1. The summed E-state index contributed by atoms with van der Waals surface area (Å²) >= 11 is 2.73. The third kappa shape index (κ3) is 8.85. The highest BCUT2D eigenvalue weighted by Gasteiger charge is 2.65. The number of anilines is 4. The maximum absolute atomic E-state index is 14.9. The second-order valence-electron chi connectivity index (χ2n) is 13.1. The standard InChI is InChI=1S/C39H33F4N9O3S2/c1-23-20-32(47-48-34(23)46-36-44-28-9-4-5-10-30(28)56-36)52(3)37-45-33(35(53)54)31(57-37)11-7-19-55-29-17-14-24(21-27(29)40)8-6-18-51(2)22-25-12-15-26(16-13-25)38(49-50-38)39(41,42)43/h4-5,9-10,12-17,20-21H,7,11,18-19,22H2,1-3H3,(H,53,54)(H,44,46,48). The van der Waals surface area contributed by atoms with Crippen LogP contribution in [0.15, 0.2) is 83.0 Å². The summed E-state index contributed by atoms with van der Waals surface area (Å²) in [5.74, 6) is 5.22. The van der Waals surface area contributed by atoms with E-state index in [1.165, 1.54) is 46.9 Å². The number of hydrogen-bond acceptors (Lipinski definition) is 13. The number of carboxylic acid groups (broad SMARTS) is 1. The van der Waals surface area contributed by atoms with Crippen molar-refractivity contribution >= 4 is 60.8 Å². The molecule has 0 atom stereocenters. The number of aryl methyl sites for hydroxylation is 2. The Morgan fingerprint density at radius 1 is 1.00 bits per heavy atom. The monoisotopic (exact) mass is 815 g/mol. The van der Waals surface area contributed by atoms with E-state index in [9.17, 15) is 27.5 Å². The predicted molar refractivity (Wildman–Crippen MR) is 209 cm³/mol. The van der Waals surface area contributed by atoms with Crippen LogP contribution in [0, 0.1) is 24.6 Å². The number of hydrogen-bond donors (Lipinski definition) is 2. The largest absolute Gasteiger partial charge is 0.491 e. The van der Waals surface area contributed by atoms with Gasteiger partial charge in [-0.15, -0.1) is 31.8 Å². The highest BCUT2D eigenvalue weighted by molar-refractivity contribution is 7.22. The first-order valence-corrected chi connectivity index (χ1v) is 19.1. The molecule has 18 heteroatoms. The number of rotatable bonds is 14. The summed E-state index contributed by atoms with van der Waals surface area (Å²) in [4.78, 5) is 25.1. The normalized spacial score (nSPS) is 13.1. The molecule has 0 saturated carbocycles. The van der Waals surface area contributed by atoms with Gasteiger partial charge in [0.15, 0.2) is 39.2 Å². The molecule has 1 aliphatic heterocycles.